The molecule has 32 heavy (non-hydrogen) atoms. The zero-order valence-electron chi connectivity index (χ0n) is 18.0. The molecule has 0 spiro atoms. The van der Waals surface area contributed by atoms with Crippen LogP contribution in [0.5, 0.6) is 0 Å². The lowest BCUT2D eigenvalue weighted by atomic mass is 9.97. The zero-order chi connectivity index (χ0) is 22.1. The third-order valence-electron chi connectivity index (χ3n) is 6.76. The summed E-state index contributed by atoms with van der Waals surface area (Å²) in [6.07, 6.45) is 1.86. The Morgan fingerprint density at radius 3 is 2.50 bits per heavy atom. The second-order valence-corrected chi connectivity index (χ2v) is 8.93. The molecule has 5 rings (SSSR count). The highest BCUT2D eigenvalue weighted by Gasteiger charge is 2.39. The Kier molecular flexibility index (Phi) is 5.76. The molecule has 3 N–H and O–H groups in total. The van der Waals surface area contributed by atoms with Gasteiger partial charge in [0.2, 0.25) is 11.8 Å². The molecule has 0 bridgehead atoms. The van der Waals surface area contributed by atoms with Crippen LogP contribution in [-0.2, 0) is 29.2 Å². The molecule has 0 aromatic heterocycles. The molecule has 3 heterocycles. The Labute approximate surface area is 187 Å². The van der Waals surface area contributed by atoms with Crippen LogP contribution < -0.4 is 16.0 Å². The Morgan fingerprint density at radius 1 is 0.969 bits per heavy atom. The summed E-state index contributed by atoms with van der Waals surface area (Å²) in [5.74, 6) is -0.147. The van der Waals surface area contributed by atoms with E-state index < -0.39 is 6.04 Å². The number of amides is 3. The van der Waals surface area contributed by atoms with Crippen molar-refractivity contribution in [1.29, 1.82) is 0 Å². The summed E-state index contributed by atoms with van der Waals surface area (Å²) in [4.78, 5) is 38.0. The molecular formula is C25H28N4O3. The molecule has 2 atom stereocenters. The molecule has 3 aliphatic rings. The molecule has 3 aliphatic heterocycles. The number of hydrogen-bond donors (Lipinski definition) is 3. The van der Waals surface area contributed by atoms with Crippen molar-refractivity contribution >= 4 is 17.7 Å². The van der Waals surface area contributed by atoms with Crippen molar-refractivity contribution in [2.45, 2.75) is 50.9 Å². The van der Waals surface area contributed by atoms with Gasteiger partial charge in [-0.05, 0) is 53.6 Å². The van der Waals surface area contributed by atoms with Crippen molar-refractivity contribution in [3.05, 3.63) is 70.3 Å². The van der Waals surface area contributed by atoms with E-state index in [0.29, 0.717) is 31.0 Å². The predicted octanol–water partition coefficient (Wildman–Crippen LogP) is 1.81. The molecule has 166 valence electrons. The third-order valence-corrected chi connectivity index (χ3v) is 6.76. The average molecular weight is 433 g/mol. The van der Waals surface area contributed by atoms with Gasteiger partial charge in [0.05, 0.1) is 0 Å². The van der Waals surface area contributed by atoms with Crippen LogP contribution in [0, 0.1) is 0 Å². The molecule has 2 aromatic carbocycles. The molecule has 0 saturated carbocycles. The third kappa shape index (κ3) is 4.18. The van der Waals surface area contributed by atoms with E-state index >= 15 is 0 Å². The summed E-state index contributed by atoms with van der Waals surface area (Å²) in [6.45, 7) is 4.06. The van der Waals surface area contributed by atoms with Crippen LogP contribution in [0.15, 0.2) is 42.5 Å². The number of rotatable bonds is 6. The first-order valence-corrected chi connectivity index (χ1v) is 11.4. The van der Waals surface area contributed by atoms with E-state index in [2.05, 4.69) is 40.2 Å². The first kappa shape index (κ1) is 20.8. The summed E-state index contributed by atoms with van der Waals surface area (Å²) < 4.78 is 0. The van der Waals surface area contributed by atoms with Crippen LogP contribution >= 0.6 is 0 Å². The van der Waals surface area contributed by atoms with Gasteiger partial charge in [0.1, 0.15) is 6.04 Å². The fourth-order valence-corrected chi connectivity index (χ4v) is 4.94. The maximum absolute atomic E-state index is 12.8. The first-order chi connectivity index (χ1) is 15.6. The summed E-state index contributed by atoms with van der Waals surface area (Å²) in [7, 11) is 0. The standard InChI is InChI=1S/C25H28N4O3/c30-23-8-7-22(24(31)28-23)29-15-20-11-17(3-6-21(20)25(29)32)13-27-12-16-1-4-18(5-2-16)19-9-10-26-14-19/h1-6,11,19,22,26-27H,7-10,12-15H2,(H,28,30,31). The van der Waals surface area contributed by atoms with E-state index in [1.54, 1.807) is 4.90 Å². The Hall–Kier alpha value is -3.03. The molecule has 3 amide bonds. The van der Waals surface area contributed by atoms with Crippen molar-refractivity contribution in [3.8, 4) is 0 Å². The Morgan fingerprint density at radius 2 is 1.75 bits per heavy atom. The van der Waals surface area contributed by atoms with Gasteiger partial charge in [-0.3, -0.25) is 19.7 Å². The van der Waals surface area contributed by atoms with E-state index in [0.717, 1.165) is 30.8 Å². The number of imide groups is 1. The van der Waals surface area contributed by atoms with Gasteiger partial charge in [-0.15, -0.1) is 0 Å². The number of carbonyl (C=O) groups excluding carboxylic acids is 3. The van der Waals surface area contributed by atoms with Crippen molar-refractivity contribution in [1.82, 2.24) is 20.9 Å². The van der Waals surface area contributed by atoms with Crippen LogP contribution in [0.1, 0.15) is 57.8 Å². The average Bonchev–Trinajstić information content (AvgIpc) is 3.43. The Balaban J connectivity index is 1.17. The van der Waals surface area contributed by atoms with Crippen molar-refractivity contribution in [2.24, 2.45) is 0 Å². The lowest BCUT2D eigenvalue weighted by molar-refractivity contribution is -0.136. The summed E-state index contributed by atoms with van der Waals surface area (Å²) in [5, 5.41) is 9.24. The number of nitrogens with one attached hydrogen (secondary N) is 3. The molecule has 0 radical (unpaired) electrons. The Bertz CT molecular complexity index is 1040. The van der Waals surface area contributed by atoms with Gasteiger partial charge >= 0.3 is 0 Å². The quantitative estimate of drug-likeness (QED) is 0.606. The zero-order valence-corrected chi connectivity index (χ0v) is 18.0. The minimum atomic E-state index is -0.572. The monoisotopic (exact) mass is 432 g/mol. The van der Waals surface area contributed by atoms with Crippen LogP contribution in [0.3, 0.4) is 0 Å². The topological polar surface area (TPSA) is 90.5 Å². The van der Waals surface area contributed by atoms with Crippen LogP contribution in [0.4, 0.5) is 0 Å². The second-order valence-electron chi connectivity index (χ2n) is 8.93. The van der Waals surface area contributed by atoms with E-state index in [4.69, 9.17) is 0 Å². The molecule has 2 fully saturated rings. The SMILES string of the molecule is O=C1CCC(N2Cc3cc(CNCc4ccc(C5CCNC5)cc4)ccc3C2=O)C(=O)N1. The van der Waals surface area contributed by atoms with Crippen LogP contribution in [0.2, 0.25) is 0 Å². The number of benzene rings is 2. The van der Waals surface area contributed by atoms with Crippen molar-refractivity contribution < 1.29 is 14.4 Å². The molecule has 2 unspecified atom stereocenters. The largest absolute Gasteiger partial charge is 0.322 e. The normalized spacial score (nSPS) is 22.9. The predicted molar refractivity (Wildman–Crippen MR) is 120 cm³/mol. The summed E-state index contributed by atoms with van der Waals surface area (Å²) >= 11 is 0. The number of piperidine rings is 1. The van der Waals surface area contributed by atoms with Gasteiger partial charge in [0, 0.05) is 38.2 Å². The summed E-state index contributed by atoms with van der Waals surface area (Å²) in [5.41, 5.74) is 5.35. The van der Waals surface area contributed by atoms with Gasteiger partial charge in [0.15, 0.2) is 0 Å². The number of hydrogen-bond acceptors (Lipinski definition) is 5. The molecule has 2 saturated heterocycles. The first-order valence-electron chi connectivity index (χ1n) is 11.4. The molecular weight excluding hydrogens is 404 g/mol. The highest BCUT2D eigenvalue weighted by Crippen LogP contribution is 2.28. The van der Waals surface area contributed by atoms with E-state index in [-0.39, 0.29) is 24.1 Å². The number of carbonyl (C=O) groups is 3. The maximum atomic E-state index is 12.8. The fourth-order valence-electron chi connectivity index (χ4n) is 4.94. The number of nitrogens with zero attached hydrogens (tertiary/aromatic N) is 1. The lowest BCUT2D eigenvalue weighted by Crippen LogP contribution is -2.52. The molecule has 2 aromatic rings. The minimum absolute atomic E-state index is 0.133. The maximum Gasteiger partial charge on any atom is 0.255 e. The summed E-state index contributed by atoms with van der Waals surface area (Å²) in [6, 6.07) is 14.1. The van der Waals surface area contributed by atoms with Crippen molar-refractivity contribution in [3.63, 3.8) is 0 Å². The highest BCUT2D eigenvalue weighted by molar-refractivity contribution is 6.05. The second kappa shape index (κ2) is 8.84. The van der Waals surface area contributed by atoms with Gasteiger partial charge in [-0.25, -0.2) is 0 Å². The van der Waals surface area contributed by atoms with Gasteiger partial charge in [-0.1, -0.05) is 36.4 Å². The van der Waals surface area contributed by atoms with Crippen LogP contribution in [-0.4, -0.2) is 41.8 Å². The van der Waals surface area contributed by atoms with E-state index in [1.165, 1.54) is 17.5 Å². The molecule has 7 nitrogen and oxygen atoms in total. The van der Waals surface area contributed by atoms with Crippen molar-refractivity contribution in [2.75, 3.05) is 13.1 Å². The fraction of sp³-hybridized carbons (Fsp3) is 0.400. The van der Waals surface area contributed by atoms with E-state index in [9.17, 15) is 14.4 Å². The smallest absolute Gasteiger partial charge is 0.255 e. The number of fused-ring (bicyclic) bond motifs is 1. The minimum Gasteiger partial charge on any atom is -0.322 e. The molecule has 0 aliphatic carbocycles. The van der Waals surface area contributed by atoms with Gasteiger partial charge in [-0.2, -0.15) is 0 Å². The molecule has 7 heteroatoms. The van der Waals surface area contributed by atoms with Crippen LogP contribution in [0.25, 0.3) is 0 Å². The van der Waals surface area contributed by atoms with Gasteiger partial charge < -0.3 is 15.5 Å². The highest BCUT2D eigenvalue weighted by atomic mass is 16.2. The lowest BCUT2D eigenvalue weighted by Gasteiger charge is -2.29. The van der Waals surface area contributed by atoms with Gasteiger partial charge in [0.25, 0.3) is 5.91 Å². The van der Waals surface area contributed by atoms with E-state index in [1.807, 2.05) is 18.2 Å².